The van der Waals surface area contributed by atoms with Crippen LogP contribution in [-0.4, -0.2) is 65.1 Å². The number of ether oxygens (including phenoxy) is 1. The Labute approximate surface area is 164 Å². The Kier molecular flexibility index (Phi) is 4.86. The molecule has 1 unspecified atom stereocenters. The van der Waals surface area contributed by atoms with Crippen molar-refractivity contribution in [3.8, 4) is 5.75 Å². The van der Waals surface area contributed by atoms with Gasteiger partial charge < -0.3 is 28.7 Å². The first kappa shape index (κ1) is 19.8. The first-order chi connectivity index (χ1) is 13.7. The largest absolute Gasteiger partial charge is 0.487 e. The van der Waals surface area contributed by atoms with E-state index in [9.17, 15) is 24.2 Å². The summed E-state index contributed by atoms with van der Waals surface area (Å²) in [5, 5.41) is 9.21. The SMILES string of the molecule is COP(=O)(O)N1CCN(c2c(F)cc3c(=O)c(C(=O)O)cn4c3c2OCC4)CC1. The number of nitrogens with zero attached hydrogens (tertiary/aromatic N) is 3. The summed E-state index contributed by atoms with van der Waals surface area (Å²) >= 11 is 0. The van der Waals surface area contributed by atoms with E-state index in [1.165, 1.54) is 10.9 Å². The van der Waals surface area contributed by atoms with Gasteiger partial charge in [0.15, 0.2) is 11.6 Å². The number of carbonyl (C=O) groups is 1. The number of hydrogen-bond donors (Lipinski definition) is 2. The van der Waals surface area contributed by atoms with E-state index < -0.39 is 30.5 Å². The molecule has 2 aromatic rings. The third kappa shape index (κ3) is 3.20. The van der Waals surface area contributed by atoms with Crippen LogP contribution in [0.3, 0.4) is 0 Å². The van der Waals surface area contributed by atoms with Gasteiger partial charge in [0.25, 0.3) is 0 Å². The lowest BCUT2D eigenvalue weighted by molar-refractivity contribution is 0.0694. The molecule has 2 aliphatic rings. The van der Waals surface area contributed by atoms with Crippen molar-refractivity contribution >= 4 is 30.3 Å². The summed E-state index contributed by atoms with van der Waals surface area (Å²) in [7, 11) is -2.72. The maximum atomic E-state index is 15.1. The molecule has 1 saturated heterocycles. The van der Waals surface area contributed by atoms with Crippen LogP contribution in [0.2, 0.25) is 0 Å². The van der Waals surface area contributed by atoms with E-state index in [0.717, 1.165) is 13.2 Å². The summed E-state index contributed by atoms with van der Waals surface area (Å²) < 4.78 is 40.3. The number of carboxylic acid groups (broad SMARTS) is 1. The topological polar surface area (TPSA) is 122 Å². The summed E-state index contributed by atoms with van der Waals surface area (Å²) in [5.41, 5.74) is -0.704. The van der Waals surface area contributed by atoms with Gasteiger partial charge in [-0.15, -0.1) is 0 Å². The van der Waals surface area contributed by atoms with Gasteiger partial charge in [-0.2, -0.15) is 0 Å². The molecule has 2 N–H and O–H groups in total. The van der Waals surface area contributed by atoms with Gasteiger partial charge in [0, 0.05) is 39.5 Å². The molecule has 29 heavy (non-hydrogen) atoms. The van der Waals surface area contributed by atoms with E-state index in [4.69, 9.17) is 4.74 Å². The number of benzene rings is 1. The minimum absolute atomic E-state index is 0.0567. The zero-order chi connectivity index (χ0) is 20.9. The van der Waals surface area contributed by atoms with Crippen LogP contribution in [0.15, 0.2) is 17.1 Å². The van der Waals surface area contributed by atoms with Crippen LogP contribution < -0.4 is 15.1 Å². The summed E-state index contributed by atoms with van der Waals surface area (Å²) in [6.07, 6.45) is 1.25. The fraction of sp³-hybridized carbons (Fsp3) is 0.412. The van der Waals surface area contributed by atoms with Crippen LogP contribution >= 0.6 is 7.75 Å². The van der Waals surface area contributed by atoms with Gasteiger partial charge in [0.2, 0.25) is 5.43 Å². The average Bonchev–Trinajstić information content (AvgIpc) is 2.70. The van der Waals surface area contributed by atoms with Crippen molar-refractivity contribution in [3.05, 3.63) is 33.9 Å². The molecule has 0 amide bonds. The number of hydrogen-bond acceptors (Lipinski definition) is 6. The van der Waals surface area contributed by atoms with Gasteiger partial charge in [-0.1, -0.05) is 0 Å². The van der Waals surface area contributed by atoms with Crippen LogP contribution in [0.25, 0.3) is 10.9 Å². The van der Waals surface area contributed by atoms with Crippen LogP contribution in [0.4, 0.5) is 10.1 Å². The highest BCUT2D eigenvalue weighted by atomic mass is 31.2. The van der Waals surface area contributed by atoms with Gasteiger partial charge in [0.1, 0.15) is 17.9 Å². The normalized spacial score (nSPS) is 19.1. The van der Waals surface area contributed by atoms with Crippen molar-refractivity contribution < 1.29 is 33.0 Å². The number of aromatic nitrogens is 1. The number of anilines is 1. The molecule has 10 nitrogen and oxygen atoms in total. The van der Waals surface area contributed by atoms with E-state index in [1.54, 1.807) is 9.47 Å². The predicted octanol–water partition coefficient (Wildman–Crippen LogP) is 1.10. The quantitative estimate of drug-likeness (QED) is 0.691. The standard InChI is InChI=1S/C17H19FN3O7P/c1-27-29(25,26)21-4-2-19(3-5-21)14-12(18)8-10-13-16(14)28-7-6-20(13)9-11(15(10)22)17(23)24/h8-9H,2-7H2,1H3,(H,23,24)(H,25,26). The molecule has 1 aromatic carbocycles. The van der Waals surface area contributed by atoms with Crippen molar-refractivity contribution in [2.45, 2.75) is 6.54 Å². The minimum Gasteiger partial charge on any atom is -0.487 e. The molecule has 156 valence electrons. The fourth-order valence-electron chi connectivity index (χ4n) is 3.78. The summed E-state index contributed by atoms with van der Waals surface area (Å²) in [6.45, 7) is 1.33. The molecule has 3 heterocycles. The average molecular weight is 427 g/mol. The van der Waals surface area contributed by atoms with Crippen molar-refractivity contribution in [2.75, 3.05) is 44.8 Å². The minimum atomic E-state index is -3.87. The second kappa shape index (κ2) is 7.10. The molecule has 2 aliphatic heterocycles. The highest BCUT2D eigenvalue weighted by Crippen LogP contribution is 2.47. The Balaban J connectivity index is 1.80. The molecule has 4 rings (SSSR count). The first-order valence-electron chi connectivity index (χ1n) is 8.89. The van der Waals surface area contributed by atoms with E-state index in [2.05, 4.69) is 4.52 Å². The number of pyridine rings is 1. The smallest absolute Gasteiger partial charge is 0.405 e. The van der Waals surface area contributed by atoms with E-state index in [1.807, 2.05) is 0 Å². The van der Waals surface area contributed by atoms with Gasteiger partial charge in [0.05, 0.1) is 17.4 Å². The number of carboxylic acids is 1. The fourth-order valence-corrected chi connectivity index (χ4v) is 4.70. The van der Waals surface area contributed by atoms with Crippen molar-refractivity contribution in [1.82, 2.24) is 9.24 Å². The number of halogens is 1. The molecule has 1 aromatic heterocycles. The predicted molar refractivity (Wildman–Crippen MR) is 101 cm³/mol. The van der Waals surface area contributed by atoms with Gasteiger partial charge in [-0.3, -0.25) is 4.79 Å². The van der Waals surface area contributed by atoms with Crippen molar-refractivity contribution in [1.29, 1.82) is 0 Å². The van der Waals surface area contributed by atoms with Crippen molar-refractivity contribution in [2.24, 2.45) is 0 Å². The molecule has 1 fully saturated rings. The Morgan fingerprint density at radius 1 is 1.28 bits per heavy atom. The number of aromatic carboxylic acids is 1. The monoisotopic (exact) mass is 427 g/mol. The second-order valence-electron chi connectivity index (χ2n) is 6.77. The molecule has 0 saturated carbocycles. The van der Waals surface area contributed by atoms with E-state index in [0.29, 0.717) is 12.1 Å². The molecular formula is C17H19FN3O7P. The molecule has 1 atom stereocenters. The summed E-state index contributed by atoms with van der Waals surface area (Å²) in [5.74, 6) is -1.92. The lowest BCUT2D eigenvalue weighted by Crippen LogP contribution is -2.45. The van der Waals surface area contributed by atoms with Gasteiger partial charge >= 0.3 is 13.7 Å². The van der Waals surface area contributed by atoms with E-state index in [-0.39, 0.29) is 49.6 Å². The van der Waals surface area contributed by atoms with Crippen molar-refractivity contribution in [3.63, 3.8) is 0 Å². The first-order valence-corrected chi connectivity index (χ1v) is 10.4. The van der Waals surface area contributed by atoms with Crippen LogP contribution in [0.1, 0.15) is 10.4 Å². The second-order valence-corrected chi connectivity index (χ2v) is 8.68. The molecule has 0 radical (unpaired) electrons. The summed E-state index contributed by atoms with van der Waals surface area (Å²) in [6, 6.07) is 1.03. The van der Waals surface area contributed by atoms with Crippen LogP contribution in [-0.2, 0) is 15.6 Å². The Bertz CT molecular complexity index is 1110. The molecule has 0 aliphatic carbocycles. The van der Waals surface area contributed by atoms with Crippen LogP contribution in [0.5, 0.6) is 5.75 Å². The molecule has 0 bridgehead atoms. The Morgan fingerprint density at radius 3 is 2.59 bits per heavy atom. The third-order valence-electron chi connectivity index (χ3n) is 5.22. The molecular weight excluding hydrogens is 408 g/mol. The van der Waals surface area contributed by atoms with Crippen LogP contribution in [0, 0.1) is 5.82 Å². The number of piperazine rings is 1. The highest BCUT2D eigenvalue weighted by molar-refractivity contribution is 7.50. The maximum Gasteiger partial charge on any atom is 0.405 e. The highest BCUT2D eigenvalue weighted by Gasteiger charge is 2.34. The lowest BCUT2D eigenvalue weighted by atomic mass is 10.1. The van der Waals surface area contributed by atoms with Gasteiger partial charge in [-0.25, -0.2) is 18.4 Å². The lowest BCUT2D eigenvalue weighted by Gasteiger charge is -2.38. The molecule has 0 spiro atoms. The number of rotatable bonds is 4. The maximum absolute atomic E-state index is 15.1. The summed E-state index contributed by atoms with van der Waals surface area (Å²) in [4.78, 5) is 35.4. The Morgan fingerprint density at radius 2 is 1.97 bits per heavy atom. The third-order valence-corrected chi connectivity index (χ3v) is 6.81. The Hall–Kier alpha value is -2.46. The zero-order valence-corrected chi connectivity index (χ0v) is 16.4. The van der Waals surface area contributed by atoms with E-state index >= 15 is 4.39 Å². The molecule has 12 heteroatoms. The van der Waals surface area contributed by atoms with Gasteiger partial charge in [-0.05, 0) is 6.07 Å². The zero-order valence-electron chi connectivity index (χ0n) is 15.5.